The van der Waals surface area contributed by atoms with Crippen LogP contribution in [0.5, 0.6) is 17.2 Å². The molecule has 3 N–H and O–H groups in total. The van der Waals surface area contributed by atoms with Crippen molar-refractivity contribution in [3.05, 3.63) is 17.7 Å². The molecule has 120 valence electrons. The molecule has 0 heterocycles. The molecule has 5 heteroatoms. The monoisotopic (exact) mass is 297 g/mol. The van der Waals surface area contributed by atoms with Gasteiger partial charge in [0.2, 0.25) is 5.75 Å². The van der Waals surface area contributed by atoms with Crippen LogP contribution in [0, 0.1) is 11.8 Å². The maximum Gasteiger partial charge on any atom is 0.203 e. The molecule has 0 amide bonds. The maximum atomic E-state index is 10.6. The summed E-state index contributed by atoms with van der Waals surface area (Å²) in [5.41, 5.74) is 6.53. The third kappa shape index (κ3) is 4.25. The van der Waals surface area contributed by atoms with Crippen molar-refractivity contribution in [1.29, 1.82) is 0 Å². The number of hydrogen-bond acceptors (Lipinski definition) is 5. The average Bonchev–Trinajstić information content (AvgIpc) is 2.49. The Morgan fingerprint density at radius 1 is 1.05 bits per heavy atom. The second-order valence-electron chi connectivity index (χ2n) is 5.53. The summed E-state index contributed by atoms with van der Waals surface area (Å²) < 4.78 is 15.9. The highest BCUT2D eigenvalue weighted by atomic mass is 16.5. The first-order chi connectivity index (χ1) is 9.98. The molecule has 21 heavy (non-hydrogen) atoms. The van der Waals surface area contributed by atoms with Crippen LogP contribution in [0.1, 0.15) is 31.9 Å². The summed E-state index contributed by atoms with van der Waals surface area (Å²) in [6, 6.07) is 3.55. The van der Waals surface area contributed by atoms with E-state index in [-0.39, 0.29) is 5.92 Å². The third-order valence-electron chi connectivity index (χ3n) is 3.55. The normalized spacial score (nSPS) is 13.9. The highest BCUT2D eigenvalue weighted by Gasteiger charge is 2.24. The van der Waals surface area contributed by atoms with Gasteiger partial charge in [0.25, 0.3) is 0 Å². The number of rotatable bonds is 8. The van der Waals surface area contributed by atoms with E-state index in [0.29, 0.717) is 29.7 Å². The zero-order valence-corrected chi connectivity index (χ0v) is 13.6. The van der Waals surface area contributed by atoms with Crippen LogP contribution < -0.4 is 19.9 Å². The lowest BCUT2D eigenvalue weighted by Crippen LogP contribution is -2.23. The van der Waals surface area contributed by atoms with Crippen molar-refractivity contribution >= 4 is 0 Å². The third-order valence-corrected chi connectivity index (χ3v) is 3.55. The van der Waals surface area contributed by atoms with Gasteiger partial charge in [-0.1, -0.05) is 13.8 Å². The summed E-state index contributed by atoms with van der Waals surface area (Å²) in [6.07, 6.45) is 0.194. The molecule has 0 spiro atoms. The van der Waals surface area contributed by atoms with Crippen molar-refractivity contribution in [3.63, 3.8) is 0 Å². The van der Waals surface area contributed by atoms with E-state index in [0.717, 1.165) is 12.0 Å². The van der Waals surface area contributed by atoms with Crippen LogP contribution in [0.4, 0.5) is 0 Å². The minimum Gasteiger partial charge on any atom is -0.493 e. The van der Waals surface area contributed by atoms with Crippen LogP contribution in [0.2, 0.25) is 0 Å². The van der Waals surface area contributed by atoms with E-state index >= 15 is 0 Å². The van der Waals surface area contributed by atoms with Crippen LogP contribution in [0.15, 0.2) is 12.1 Å². The van der Waals surface area contributed by atoms with Gasteiger partial charge in [-0.3, -0.25) is 0 Å². The zero-order valence-electron chi connectivity index (χ0n) is 13.6. The van der Waals surface area contributed by atoms with Gasteiger partial charge < -0.3 is 25.1 Å². The Balaban J connectivity index is 3.16. The smallest absolute Gasteiger partial charge is 0.203 e. The van der Waals surface area contributed by atoms with Crippen LogP contribution in [0.25, 0.3) is 0 Å². The zero-order chi connectivity index (χ0) is 16.0. The second-order valence-corrected chi connectivity index (χ2v) is 5.53. The average molecular weight is 297 g/mol. The van der Waals surface area contributed by atoms with Crippen molar-refractivity contribution in [2.45, 2.75) is 26.4 Å². The number of ether oxygens (including phenoxy) is 3. The molecule has 0 saturated heterocycles. The summed E-state index contributed by atoms with van der Waals surface area (Å²) in [4.78, 5) is 0. The van der Waals surface area contributed by atoms with E-state index in [1.54, 1.807) is 33.5 Å². The number of hydrogen-bond donors (Lipinski definition) is 2. The molecule has 1 aromatic carbocycles. The Morgan fingerprint density at radius 3 is 1.90 bits per heavy atom. The standard InChI is InChI=1S/C16H27NO4/c1-10(2)6-12(9-17)15(18)11-7-13(19-3)16(21-5)14(8-11)20-4/h7-8,10,12,15,18H,6,9,17H2,1-5H3. The predicted octanol–water partition coefficient (Wildman–Crippen LogP) is 2.37. The molecule has 5 nitrogen and oxygen atoms in total. The Hall–Kier alpha value is -1.46. The van der Waals surface area contributed by atoms with Gasteiger partial charge in [0.1, 0.15) is 0 Å². The Labute approximate surface area is 127 Å². The number of benzene rings is 1. The van der Waals surface area contributed by atoms with E-state index < -0.39 is 6.10 Å². The van der Waals surface area contributed by atoms with E-state index in [4.69, 9.17) is 19.9 Å². The molecule has 1 aromatic rings. The molecule has 0 aliphatic heterocycles. The fourth-order valence-corrected chi connectivity index (χ4v) is 2.50. The van der Waals surface area contributed by atoms with Gasteiger partial charge in [0.05, 0.1) is 27.4 Å². The molecule has 0 aromatic heterocycles. The first-order valence-corrected chi connectivity index (χ1v) is 7.16. The van der Waals surface area contributed by atoms with Gasteiger partial charge in [0.15, 0.2) is 11.5 Å². The van der Waals surface area contributed by atoms with Crippen molar-refractivity contribution in [3.8, 4) is 17.2 Å². The summed E-state index contributed by atoms with van der Waals surface area (Å²) in [7, 11) is 4.67. The molecular weight excluding hydrogens is 270 g/mol. The van der Waals surface area contributed by atoms with Crippen molar-refractivity contribution in [1.82, 2.24) is 0 Å². The molecule has 2 unspecified atom stereocenters. The molecule has 0 aliphatic carbocycles. The molecule has 0 bridgehead atoms. The Bertz CT molecular complexity index is 423. The Morgan fingerprint density at radius 2 is 1.57 bits per heavy atom. The van der Waals surface area contributed by atoms with Gasteiger partial charge in [-0.05, 0) is 36.6 Å². The summed E-state index contributed by atoms with van der Waals surface area (Å²) in [6.45, 7) is 4.66. The van der Waals surface area contributed by atoms with E-state index in [1.807, 2.05) is 0 Å². The van der Waals surface area contributed by atoms with Gasteiger partial charge in [-0.15, -0.1) is 0 Å². The summed E-state index contributed by atoms with van der Waals surface area (Å²) in [5, 5.41) is 10.6. The molecule has 0 saturated carbocycles. The highest BCUT2D eigenvalue weighted by molar-refractivity contribution is 5.54. The fraction of sp³-hybridized carbons (Fsp3) is 0.625. The molecule has 0 aliphatic rings. The lowest BCUT2D eigenvalue weighted by Gasteiger charge is -2.24. The number of nitrogens with two attached hydrogens (primary N) is 1. The van der Waals surface area contributed by atoms with E-state index in [9.17, 15) is 5.11 Å². The van der Waals surface area contributed by atoms with Crippen LogP contribution in [-0.2, 0) is 0 Å². The SMILES string of the molecule is COc1cc(C(O)C(CN)CC(C)C)cc(OC)c1OC. The topological polar surface area (TPSA) is 73.9 Å². The molecule has 0 fully saturated rings. The van der Waals surface area contributed by atoms with E-state index in [2.05, 4.69) is 13.8 Å². The van der Waals surface area contributed by atoms with Crippen molar-refractivity contribution in [2.75, 3.05) is 27.9 Å². The second kappa shape index (κ2) is 8.10. The minimum atomic E-state index is -0.661. The quantitative estimate of drug-likeness (QED) is 0.770. The lowest BCUT2D eigenvalue weighted by molar-refractivity contribution is 0.0988. The van der Waals surface area contributed by atoms with E-state index in [1.165, 1.54) is 0 Å². The highest BCUT2D eigenvalue weighted by Crippen LogP contribution is 2.41. The van der Waals surface area contributed by atoms with Gasteiger partial charge in [-0.2, -0.15) is 0 Å². The minimum absolute atomic E-state index is 0.00666. The number of aliphatic hydroxyl groups is 1. The molecule has 2 atom stereocenters. The number of methoxy groups -OCH3 is 3. The lowest BCUT2D eigenvalue weighted by atomic mass is 9.88. The first kappa shape index (κ1) is 17.6. The van der Waals surface area contributed by atoms with Crippen LogP contribution >= 0.6 is 0 Å². The number of aliphatic hydroxyl groups excluding tert-OH is 1. The predicted molar refractivity (Wildman–Crippen MR) is 83.1 cm³/mol. The van der Waals surface area contributed by atoms with Crippen molar-refractivity contribution in [2.24, 2.45) is 17.6 Å². The van der Waals surface area contributed by atoms with Crippen LogP contribution in [0.3, 0.4) is 0 Å². The largest absolute Gasteiger partial charge is 0.493 e. The molecule has 1 rings (SSSR count). The Kier molecular flexibility index (Phi) is 6.78. The van der Waals surface area contributed by atoms with Crippen molar-refractivity contribution < 1.29 is 19.3 Å². The summed E-state index contributed by atoms with van der Waals surface area (Å²) in [5.74, 6) is 2.05. The van der Waals surface area contributed by atoms with Gasteiger partial charge in [-0.25, -0.2) is 0 Å². The van der Waals surface area contributed by atoms with Gasteiger partial charge >= 0.3 is 0 Å². The van der Waals surface area contributed by atoms with Gasteiger partial charge in [0, 0.05) is 5.92 Å². The fourth-order valence-electron chi connectivity index (χ4n) is 2.50. The van der Waals surface area contributed by atoms with Crippen LogP contribution in [-0.4, -0.2) is 33.0 Å². The maximum absolute atomic E-state index is 10.6. The first-order valence-electron chi connectivity index (χ1n) is 7.16. The molecule has 0 radical (unpaired) electrons. The summed E-state index contributed by atoms with van der Waals surface area (Å²) >= 11 is 0. The molecular formula is C16H27NO4.